The average Bonchev–Trinajstić information content (AvgIpc) is 2.38. The highest BCUT2D eigenvalue weighted by atomic mass is 16.4. The van der Waals surface area contributed by atoms with Crippen LogP contribution in [-0.2, 0) is 11.3 Å². The number of hydrogen-bond acceptors (Lipinski definition) is 3. The van der Waals surface area contributed by atoms with Crippen LogP contribution in [0.1, 0.15) is 19.4 Å². The summed E-state index contributed by atoms with van der Waals surface area (Å²) in [6.45, 7) is 8.30. The smallest absolute Gasteiger partial charge is 0.246 e. The highest BCUT2D eigenvalue weighted by Gasteiger charge is 2.22. The molecule has 0 radical (unpaired) electrons. The Hall–Kier alpha value is -2.10. The number of carbonyl (C=O) groups excluding carboxylic acids is 1. The highest BCUT2D eigenvalue weighted by Crippen LogP contribution is 2.16. The zero-order valence-corrected chi connectivity index (χ0v) is 11.4. The maximum atomic E-state index is 11.9. The molecule has 0 saturated heterocycles. The minimum absolute atomic E-state index is 0.136. The van der Waals surface area contributed by atoms with Gasteiger partial charge in [0.1, 0.15) is 0 Å². The maximum absolute atomic E-state index is 11.9. The number of carbonyl (C=O) groups is 1. The fourth-order valence-electron chi connectivity index (χ4n) is 1.83. The van der Waals surface area contributed by atoms with Gasteiger partial charge >= 0.3 is 0 Å². The fraction of sp³-hybridized carbons (Fsp3) is 0.333. The molecule has 0 unspecified atom stereocenters. The number of amides is 1. The molecule has 4 nitrogen and oxygen atoms in total. The number of rotatable bonds is 6. The zero-order valence-electron chi connectivity index (χ0n) is 11.4. The van der Waals surface area contributed by atoms with Gasteiger partial charge in [-0.2, -0.15) is 0 Å². The lowest BCUT2D eigenvalue weighted by Gasteiger charge is -2.29. The van der Waals surface area contributed by atoms with Crippen molar-refractivity contribution in [2.24, 2.45) is 10.6 Å². The molecule has 0 fully saturated rings. The van der Waals surface area contributed by atoms with E-state index >= 15 is 0 Å². The third-order valence-corrected chi connectivity index (χ3v) is 2.71. The molecule has 0 aliphatic carbocycles. The molecule has 1 aromatic rings. The minimum Gasteiger partial charge on any atom is -0.411 e. The van der Waals surface area contributed by atoms with Crippen LogP contribution in [0.25, 0.3) is 0 Å². The Bertz CT molecular complexity index is 452. The molecule has 0 atom stereocenters. The van der Waals surface area contributed by atoms with E-state index in [0.29, 0.717) is 13.1 Å². The van der Waals surface area contributed by atoms with Gasteiger partial charge in [-0.05, 0) is 11.6 Å². The standard InChI is InChI=1S/C15H20N2O2/c1-4-14(18)17(12-15(2,3)11-16-19)10-13-8-6-5-7-9-13/h4-9,11,19H,1,10,12H2,2-3H3. The molecule has 0 spiro atoms. The number of oxime groups is 1. The fourth-order valence-corrected chi connectivity index (χ4v) is 1.83. The second-order valence-corrected chi connectivity index (χ2v) is 5.12. The lowest BCUT2D eigenvalue weighted by Crippen LogP contribution is -2.38. The monoisotopic (exact) mass is 260 g/mol. The first-order valence-electron chi connectivity index (χ1n) is 6.12. The van der Waals surface area contributed by atoms with Gasteiger partial charge in [-0.3, -0.25) is 4.79 Å². The van der Waals surface area contributed by atoms with E-state index in [9.17, 15) is 4.79 Å². The third kappa shape index (κ3) is 4.95. The summed E-state index contributed by atoms with van der Waals surface area (Å²) in [4.78, 5) is 13.6. The van der Waals surface area contributed by atoms with Crippen molar-refractivity contribution in [3.05, 3.63) is 48.6 Å². The van der Waals surface area contributed by atoms with Crippen molar-refractivity contribution >= 4 is 12.1 Å². The van der Waals surface area contributed by atoms with E-state index in [4.69, 9.17) is 5.21 Å². The molecule has 0 bridgehead atoms. The Kier molecular flexibility index (Phi) is 5.30. The maximum Gasteiger partial charge on any atom is 0.246 e. The van der Waals surface area contributed by atoms with Crippen LogP contribution in [-0.4, -0.2) is 28.8 Å². The molecule has 1 rings (SSSR count). The van der Waals surface area contributed by atoms with E-state index in [1.165, 1.54) is 12.3 Å². The lowest BCUT2D eigenvalue weighted by atomic mass is 9.94. The molecule has 4 heteroatoms. The molecule has 0 heterocycles. The van der Waals surface area contributed by atoms with Gasteiger partial charge in [-0.15, -0.1) is 5.16 Å². The van der Waals surface area contributed by atoms with Gasteiger partial charge in [0.05, 0.1) is 6.21 Å². The second-order valence-electron chi connectivity index (χ2n) is 5.12. The molecule has 19 heavy (non-hydrogen) atoms. The summed E-state index contributed by atoms with van der Waals surface area (Å²) in [5, 5.41) is 11.7. The van der Waals surface area contributed by atoms with Crippen LogP contribution in [0.15, 0.2) is 48.1 Å². The van der Waals surface area contributed by atoms with E-state index in [0.717, 1.165) is 5.56 Å². The van der Waals surface area contributed by atoms with E-state index < -0.39 is 5.41 Å². The largest absolute Gasteiger partial charge is 0.411 e. The van der Waals surface area contributed by atoms with Crippen LogP contribution in [0.2, 0.25) is 0 Å². The van der Waals surface area contributed by atoms with Gasteiger partial charge in [0.15, 0.2) is 0 Å². The highest BCUT2D eigenvalue weighted by molar-refractivity contribution is 5.87. The van der Waals surface area contributed by atoms with E-state index in [1.54, 1.807) is 4.90 Å². The summed E-state index contributed by atoms with van der Waals surface area (Å²) in [6, 6.07) is 9.75. The van der Waals surface area contributed by atoms with Gasteiger partial charge in [0, 0.05) is 18.5 Å². The van der Waals surface area contributed by atoms with Crippen LogP contribution in [0.3, 0.4) is 0 Å². The molecule has 1 N–H and O–H groups in total. The number of hydrogen-bond donors (Lipinski definition) is 1. The van der Waals surface area contributed by atoms with Gasteiger partial charge in [-0.1, -0.05) is 50.8 Å². The average molecular weight is 260 g/mol. The molecular formula is C15H20N2O2. The molecule has 1 aromatic carbocycles. The zero-order chi connectivity index (χ0) is 14.3. The molecular weight excluding hydrogens is 240 g/mol. The summed E-state index contributed by atoms with van der Waals surface area (Å²) in [5.41, 5.74) is 0.650. The minimum atomic E-state index is -0.401. The normalized spacial score (nSPS) is 11.5. The van der Waals surface area contributed by atoms with Crippen molar-refractivity contribution in [1.82, 2.24) is 4.90 Å². The van der Waals surface area contributed by atoms with Crippen LogP contribution in [0.5, 0.6) is 0 Å². The van der Waals surface area contributed by atoms with Crippen LogP contribution in [0, 0.1) is 5.41 Å². The van der Waals surface area contributed by atoms with Crippen molar-refractivity contribution < 1.29 is 10.0 Å². The molecule has 0 saturated carbocycles. The second kappa shape index (κ2) is 6.73. The van der Waals surface area contributed by atoms with Crippen molar-refractivity contribution in [3.63, 3.8) is 0 Å². The van der Waals surface area contributed by atoms with E-state index in [1.807, 2.05) is 44.2 Å². The van der Waals surface area contributed by atoms with Gasteiger partial charge in [0.25, 0.3) is 0 Å². The number of nitrogens with zero attached hydrogens (tertiary/aromatic N) is 2. The van der Waals surface area contributed by atoms with Crippen LogP contribution >= 0.6 is 0 Å². The van der Waals surface area contributed by atoms with Crippen molar-refractivity contribution in [2.45, 2.75) is 20.4 Å². The summed E-state index contributed by atoms with van der Waals surface area (Å²) < 4.78 is 0. The topological polar surface area (TPSA) is 52.9 Å². The Morgan fingerprint density at radius 3 is 2.58 bits per heavy atom. The van der Waals surface area contributed by atoms with Crippen LogP contribution < -0.4 is 0 Å². The Morgan fingerprint density at radius 1 is 1.42 bits per heavy atom. The van der Waals surface area contributed by atoms with E-state index in [-0.39, 0.29) is 5.91 Å². The first-order valence-corrected chi connectivity index (χ1v) is 6.12. The predicted octanol–water partition coefficient (Wildman–Crippen LogP) is 2.69. The molecule has 102 valence electrons. The summed E-state index contributed by atoms with van der Waals surface area (Å²) in [6.07, 6.45) is 2.73. The summed E-state index contributed by atoms with van der Waals surface area (Å²) in [5.74, 6) is -0.136. The van der Waals surface area contributed by atoms with E-state index in [2.05, 4.69) is 11.7 Å². The van der Waals surface area contributed by atoms with Gasteiger partial charge in [-0.25, -0.2) is 0 Å². The Labute approximate surface area is 114 Å². The molecule has 0 aromatic heterocycles. The summed E-state index contributed by atoms with van der Waals surface area (Å²) >= 11 is 0. The molecule has 1 amide bonds. The van der Waals surface area contributed by atoms with Crippen molar-refractivity contribution in [2.75, 3.05) is 6.54 Å². The summed E-state index contributed by atoms with van der Waals surface area (Å²) in [7, 11) is 0. The van der Waals surface area contributed by atoms with Gasteiger partial charge in [0.2, 0.25) is 5.91 Å². The predicted molar refractivity (Wildman–Crippen MR) is 76.1 cm³/mol. The quantitative estimate of drug-likeness (QED) is 0.370. The first kappa shape index (κ1) is 15.0. The lowest BCUT2D eigenvalue weighted by molar-refractivity contribution is -0.127. The molecule has 0 aliphatic rings. The van der Waals surface area contributed by atoms with Crippen molar-refractivity contribution in [1.29, 1.82) is 0 Å². The van der Waals surface area contributed by atoms with Crippen LogP contribution in [0.4, 0.5) is 0 Å². The Morgan fingerprint density at radius 2 is 2.05 bits per heavy atom. The SMILES string of the molecule is C=CC(=O)N(Cc1ccccc1)CC(C)(C)C=NO. The Balaban J connectivity index is 2.84. The molecule has 0 aliphatic heterocycles. The van der Waals surface area contributed by atoms with Crippen molar-refractivity contribution in [3.8, 4) is 0 Å². The first-order chi connectivity index (χ1) is 8.98. The number of benzene rings is 1. The van der Waals surface area contributed by atoms with Gasteiger partial charge < -0.3 is 10.1 Å². The third-order valence-electron chi connectivity index (χ3n) is 2.71.